The zero-order valence-corrected chi connectivity index (χ0v) is 23.0. The molecule has 2 aromatic carbocycles. The summed E-state index contributed by atoms with van der Waals surface area (Å²) in [5.74, 6) is 0.395. The van der Waals surface area contributed by atoms with Gasteiger partial charge in [0, 0.05) is 29.4 Å². The number of nitrogens with zero attached hydrogens (tertiary/aromatic N) is 3. The number of aromatic nitrogens is 3. The molecule has 39 heavy (non-hydrogen) atoms. The van der Waals surface area contributed by atoms with E-state index in [0.29, 0.717) is 46.3 Å². The van der Waals surface area contributed by atoms with Gasteiger partial charge >= 0.3 is 0 Å². The van der Waals surface area contributed by atoms with Crippen LogP contribution >= 0.6 is 11.8 Å². The minimum atomic E-state index is -0.477. The molecule has 3 heterocycles. The Morgan fingerprint density at radius 3 is 2.69 bits per heavy atom. The maximum Gasteiger partial charge on any atom is 0.237 e. The average molecular weight is 545 g/mol. The maximum atomic E-state index is 14.8. The Labute approximate surface area is 230 Å². The summed E-state index contributed by atoms with van der Waals surface area (Å²) in [6.07, 6.45) is 2.56. The Bertz CT molecular complexity index is 1580. The fourth-order valence-corrected chi connectivity index (χ4v) is 5.54. The molecule has 1 amide bonds. The van der Waals surface area contributed by atoms with E-state index in [1.165, 1.54) is 17.8 Å². The number of pyridine rings is 1. The van der Waals surface area contributed by atoms with Gasteiger partial charge < -0.3 is 15.2 Å². The third-order valence-electron chi connectivity index (χ3n) is 6.74. The monoisotopic (exact) mass is 544 g/mol. The molecule has 1 aliphatic rings. The number of amides is 1. The lowest BCUT2D eigenvalue weighted by Crippen LogP contribution is -2.25. The third-order valence-corrected chi connectivity index (χ3v) is 8.13. The molecular weight excluding hydrogens is 515 g/mol. The van der Waals surface area contributed by atoms with Gasteiger partial charge in [0.25, 0.3) is 0 Å². The van der Waals surface area contributed by atoms with Gasteiger partial charge in [-0.1, -0.05) is 43.0 Å². The molecule has 200 valence electrons. The number of carbonyl (C=O) groups is 1. The van der Waals surface area contributed by atoms with Crippen molar-refractivity contribution in [1.82, 2.24) is 15.0 Å². The first-order chi connectivity index (χ1) is 18.8. The molecule has 7 nitrogen and oxygen atoms in total. The number of hydrogen-bond donors (Lipinski definition) is 2. The Kier molecular flexibility index (Phi) is 7.63. The molecule has 0 spiro atoms. The normalized spacial score (nSPS) is 12.8. The van der Waals surface area contributed by atoms with Crippen LogP contribution in [0.5, 0.6) is 11.6 Å². The number of aryl methyl sites for hydroxylation is 3. The summed E-state index contributed by atoms with van der Waals surface area (Å²) in [4.78, 5) is 27.1. The van der Waals surface area contributed by atoms with Crippen molar-refractivity contribution in [3.8, 4) is 23.0 Å². The SMILES string of the molecule is CC[C@H](Sc1nc(-c2ccccc2F)nc2c1Cc1c(CO)cnc(C)c1O2)C(=O)Nc1cc(C)ccc1C. The number of benzene rings is 2. The molecule has 0 saturated carbocycles. The van der Waals surface area contributed by atoms with Crippen molar-refractivity contribution in [3.63, 3.8) is 0 Å². The Morgan fingerprint density at radius 2 is 1.95 bits per heavy atom. The van der Waals surface area contributed by atoms with E-state index in [1.54, 1.807) is 24.4 Å². The van der Waals surface area contributed by atoms with E-state index < -0.39 is 11.1 Å². The van der Waals surface area contributed by atoms with Crippen LogP contribution in [0.25, 0.3) is 11.4 Å². The molecule has 0 aliphatic carbocycles. The predicted octanol–water partition coefficient (Wildman–Crippen LogP) is 6.30. The van der Waals surface area contributed by atoms with Crippen LogP contribution in [0.2, 0.25) is 0 Å². The molecule has 0 bridgehead atoms. The van der Waals surface area contributed by atoms with E-state index in [1.807, 2.05) is 45.9 Å². The van der Waals surface area contributed by atoms with Crippen molar-refractivity contribution >= 4 is 23.4 Å². The van der Waals surface area contributed by atoms with Crippen LogP contribution < -0.4 is 10.1 Å². The number of anilines is 1. The maximum absolute atomic E-state index is 14.8. The van der Waals surface area contributed by atoms with Crippen molar-refractivity contribution in [2.45, 2.75) is 57.4 Å². The van der Waals surface area contributed by atoms with E-state index >= 15 is 0 Å². The molecule has 2 aromatic heterocycles. The van der Waals surface area contributed by atoms with Crippen LogP contribution in [0.4, 0.5) is 10.1 Å². The lowest BCUT2D eigenvalue weighted by molar-refractivity contribution is -0.115. The molecule has 2 N–H and O–H groups in total. The molecule has 5 rings (SSSR count). The van der Waals surface area contributed by atoms with Crippen molar-refractivity contribution in [2.75, 3.05) is 5.32 Å². The van der Waals surface area contributed by atoms with Gasteiger partial charge in [-0.15, -0.1) is 0 Å². The molecule has 1 aliphatic heterocycles. The number of halogens is 1. The molecular formula is C30H29FN4O3S. The highest BCUT2D eigenvalue weighted by molar-refractivity contribution is 8.00. The summed E-state index contributed by atoms with van der Waals surface area (Å²) in [5, 5.41) is 13.1. The standard InChI is InChI=1S/C30H29FN4O3S/c1-5-25(28(37)33-24-12-16(2)10-11-17(24)3)39-30-22-13-21-19(15-36)14-32-18(4)26(21)38-29(22)34-27(35-30)20-8-6-7-9-23(20)31/h6-12,14,25,36H,5,13,15H2,1-4H3,(H,33,37)/t25-/m0/s1. The number of thioether (sulfide) groups is 1. The summed E-state index contributed by atoms with van der Waals surface area (Å²) < 4.78 is 21.0. The molecule has 0 fully saturated rings. The summed E-state index contributed by atoms with van der Waals surface area (Å²) in [5.41, 5.74) is 5.83. The van der Waals surface area contributed by atoms with Gasteiger partial charge in [0.1, 0.15) is 10.8 Å². The quantitative estimate of drug-likeness (QED) is 0.183. The number of carbonyl (C=O) groups excluding carboxylic acids is 1. The molecule has 4 aromatic rings. The minimum absolute atomic E-state index is 0.149. The van der Waals surface area contributed by atoms with E-state index in [-0.39, 0.29) is 23.9 Å². The van der Waals surface area contributed by atoms with E-state index in [0.717, 1.165) is 22.4 Å². The second-order valence-corrected chi connectivity index (χ2v) is 10.7. The average Bonchev–Trinajstić information content (AvgIpc) is 2.93. The largest absolute Gasteiger partial charge is 0.436 e. The number of fused-ring (bicyclic) bond motifs is 2. The molecule has 0 radical (unpaired) electrons. The predicted molar refractivity (Wildman–Crippen MR) is 150 cm³/mol. The van der Waals surface area contributed by atoms with E-state index in [4.69, 9.17) is 9.72 Å². The van der Waals surface area contributed by atoms with Gasteiger partial charge in [0.15, 0.2) is 11.6 Å². The summed E-state index contributed by atoms with van der Waals surface area (Å²) in [6, 6.07) is 12.2. The topological polar surface area (TPSA) is 97.2 Å². The molecule has 0 unspecified atom stereocenters. The number of hydrogen-bond acceptors (Lipinski definition) is 7. The van der Waals surface area contributed by atoms with Crippen LogP contribution in [-0.4, -0.2) is 31.2 Å². The van der Waals surface area contributed by atoms with Crippen LogP contribution in [0.1, 0.15) is 46.9 Å². The Balaban J connectivity index is 1.56. The first kappa shape index (κ1) is 26.8. The van der Waals surface area contributed by atoms with Crippen LogP contribution in [-0.2, 0) is 17.8 Å². The van der Waals surface area contributed by atoms with Crippen molar-refractivity contribution in [3.05, 3.63) is 88.0 Å². The lowest BCUT2D eigenvalue weighted by Gasteiger charge is -2.25. The minimum Gasteiger partial charge on any atom is -0.436 e. The molecule has 1 atom stereocenters. The summed E-state index contributed by atoms with van der Waals surface area (Å²) in [7, 11) is 0. The second kappa shape index (κ2) is 11.1. The van der Waals surface area contributed by atoms with Gasteiger partial charge in [-0.3, -0.25) is 9.78 Å². The highest BCUT2D eigenvalue weighted by Crippen LogP contribution is 2.44. The van der Waals surface area contributed by atoms with Crippen molar-refractivity contribution in [2.24, 2.45) is 0 Å². The lowest BCUT2D eigenvalue weighted by atomic mass is 9.99. The van der Waals surface area contributed by atoms with Crippen LogP contribution in [0, 0.1) is 26.6 Å². The zero-order valence-electron chi connectivity index (χ0n) is 22.2. The second-order valence-electron chi connectivity index (χ2n) is 9.55. The number of aliphatic hydroxyl groups excluding tert-OH is 1. The number of aliphatic hydroxyl groups is 1. The number of nitrogens with one attached hydrogen (secondary N) is 1. The van der Waals surface area contributed by atoms with Crippen LogP contribution in [0.15, 0.2) is 53.7 Å². The fourth-order valence-electron chi connectivity index (χ4n) is 4.50. The Hall–Kier alpha value is -3.82. The van der Waals surface area contributed by atoms with Gasteiger partial charge in [0.2, 0.25) is 11.8 Å². The summed E-state index contributed by atoms with van der Waals surface area (Å²) >= 11 is 1.30. The highest BCUT2D eigenvalue weighted by atomic mass is 32.2. The van der Waals surface area contributed by atoms with Crippen molar-refractivity contribution < 1.29 is 19.0 Å². The smallest absolute Gasteiger partial charge is 0.237 e. The third kappa shape index (κ3) is 5.37. The molecule has 9 heteroatoms. The van der Waals surface area contributed by atoms with E-state index in [9.17, 15) is 14.3 Å². The van der Waals surface area contributed by atoms with Gasteiger partial charge in [-0.25, -0.2) is 9.37 Å². The fraction of sp³-hybridized carbons (Fsp3) is 0.267. The van der Waals surface area contributed by atoms with Crippen molar-refractivity contribution in [1.29, 1.82) is 0 Å². The van der Waals surface area contributed by atoms with Gasteiger partial charge in [-0.2, -0.15) is 4.98 Å². The Morgan fingerprint density at radius 1 is 1.15 bits per heavy atom. The van der Waals surface area contributed by atoms with Gasteiger partial charge in [-0.05, 0) is 56.5 Å². The molecule has 0 saturated heterocycles. The van der Waals surface area contributed by atoms with Gasteiger partial charge in [0.05, 0.1) is 28.7 Å². The van der Waals surface area contributed by atoms with Crippen LogP contribution in [0.3, 0.4) is 0 Å². The highest BCUT2D eigenvalue weighted by Gasteiger charge is 2.30. The first-order valence-corrected chi connectivity index (χ1v) is 13.6. The number of rotatable bonds is 7. The zero-order chi connectivity index (χ0) is 27.7. The first-order valence-electron chi connectivity index (χ1n) is 12.8. The van der Waals surface area contributed by atoms with E-state index in [2.05, 4.69) is 15.3 Å². The summed E-state index contributed by atoms with van der Waals surface area (Å²) in [6.45, 7) is 7.50. The number of ether oxygens (including phenoxy) is 1.